The van der Waals surface area contributed by atoms with E-state index < -0.39 is 11.5 Å². The van der Waals surface area contributed by atoms with Crippen LogP contribution in [-0.4, -0.2) is 25.1 Å². The van der Waals surface area contributed by atoms with Gasteiger partial charge < -0.3 is 25.0 Å². The zero-order valence-corrected chi connectivity index (χ0v) is 14.7. The minimum atomic E-state index is -0.635. The second kappa shape index (κ2) is 8.70. The lowest BCUT2D eigenvalue weighted by atomic mass is 10.2. The van der Waals surface area contributed by atoms with E-state index in [-0.39, 0.29) is 30.2 Å². The average molecular weight is 359 g/mol. The molecule has 0 aliphatic heterocycles. The smallest absolute Gasteiger partial charge is 0.409 e. The van der Waals surface area contributed by atoms with E-state index in [0.717, 1.165) is 5.56 Å². The molecule has 2 rings (SSSR count). The van der Waals surface area contributed by atoms with Gasteiger partial charge in [-0.15, -0.1) is 11.3 Å². The number of benzene rings is 1. The summed E-state index contributed by atoms with van der Waals surface area (Å²) in [6, 6.07) is 7.19. The quantitative estimate of drug-likeness (QED) is 0.416. The van der Waals surface area contributed by atoms with Crippen LogP contribution in [0, 0.1) is 5.21 Å². The maximum Gasteiger partial charge on any atom is 0.409 e. The van der Waals surface area contributed by atoms with Gasteiger partial charge in [0, 0.05) is 18.5 Å². The lowest BCUT2D eigenvalue weighted by molar-refractivity contribution is -0.622. The molecule has 2 N–H and O–H groups in total. The Labute approximate surface area is 150 Å². The number of hydrogen-bond donors (Lipinski definition) is 2. The van der Waals surface area contributed by atoms with Crippen molar-refractivity contribution in [2.45, 2.75) is 19.4 Å². The van der Waals surface area contributed by atoms with Crippen molar-refractivity contribution >= 4 is 5.91 Å². The van der Waals surface area contributed by atoms with Crippen LogP contribution in [0.3, 0.4) is 0 Å². The van der Waals surface area contributed by atoms with Gasteiger partial charge in [-0.3, -0.25) is 9.59 Å². The number of amides is 1. The van der Waals surface area contributed by atoms with Gasteiger partial charge in [0.25, 0.3) is 11.6 Å². The van der Waals surface area contributed by atoms with Crippen LogP contribution in [0.5, 0.6) is 11.6 Å². The number of rotatable bonds is 8. The van der Waals surface area contributed by atoms with Crippen LogP contribution in [0.4, 0.5) is 0 Å². The maximum atomic E-state index is 12.5. The Morgan fingerprint density at radius 3 is 2.73 bits per heavy atom. The third kappa shape index (κ3) is 4.02. The van der Waals surface area contributed by atoms with E-state index in [1.165, 1.54) is 14.2 Å². The summed E-state index contributed by atoms with van der Waals surface area (Å²) in [5.74, 6) is -0.280. The standard InChI is InChI=1S/C18H21N3O5/c1-4-5-9-13-16(22)20-15(18(26-3)21(13)24)17(23)19-11-12-8-6-7-10-14(12)25-2/h4,6-8,10H,1,5,9,11H2,2-3H3,(H,19,23)(H,20,22). The van der Waals surface area contributed by atoms with E-state index in [4.69, 9.17) is 9.47 Å². The molecule has 0 radical (unpaired) electrons. The fourth-order valence-electron chi connectivity index (χ4n) is 2.46. The van der Waals surface area contributed by atoms with Gasteiger partial charge in [-0.25, -0.2) is 0 Å². The molecule has 0 spiro atoms. The van der Waals surface area contributed by atoms with Crippen molar-refractivity contribution in [3.05, 3.63) is 69.4 Å². The number of carbonyl (C=O) groups excluding carboxylic acids is 1. The summed E-state index contributed by atoms with van der Waals surface area (Å²) >= 11 is 0. The van der Waals surface area contributed by atoms with Gasteiger partial charge >= 0.3 is 11.4 Å². The predicted octanol–water partition coefficient (Wildman–Crippen LogP) is 1.07. The monoisotopic (exact) mass is 359 g/mol. The molecule has 1 aromatic carbocycles. The van der Waals surface area contributed by atoms with Crippen molar-refractivity contribution in [2.75, 3.05) is 14.2 Å². The first kappa shape index (κ1) is 19.0. The molecule has 138 valence electrons. The molecule has 0 saturated carbocycles. The Bertz CT molecular complexity index is 860. The molecule has 26 heavy (non-hydrogen) atoms. The van der Waals surface area contributed by atoms with Gasteiger partial charge in [-0.2, -0.15) is 0 Å². The molecular formula is C18H21N3O5. The number of methoxy groups -OCH3 is 2. The van der Waals surface area contributed by atoms with Gasteiger partial charge in [-0.05, 0) is 12.5 Å². The van der Waals surface area contributed by atoms with Crippen LogP contribution in [0.25, 0.3) is 0 Å². The van der Waals surface area contributed by atoms with Crippen LogP contribution >= 0.6 is 0 Å². The summed E-state index contributed by atoms with van der Waals surface area (Å²) in [4.78, 5) is 27.0. The van der Waals surface area contributed by atoms with Crippen LogP contribution in [-0.2, 0) is 13.0 Å². The van der Waals surface area contributed by atoms with Crippen molar-refractivity contribution in [1.29, 1.82) is 0 Å². The van der Waals surface area contributed by atoms with E-state index in [1.54, 1.807) is 18.2 Å². The summed E-state index contributed by atoms with van der Waals surface area (Å²) in [5, 5.41) is 15.0. The number of para-hydroxylation sites is 1. The molecule has 0 bridgehead atoms. The highest BCUT2D eigenvalue weighted by Gasteiger charge is 2.26. The zero-order chi connectivity index (χ0) is 19.1. The summed E-state index contributed by atoms with van der Waals surface area (Å²) in [6.45, 7) is 3.72. The molecule has 0 fully saturated rings. The Kier molecular flexibility index (Phi) is 6.37. The fraction of sp³-hybridized carbons (Fsp3) is 0.278. The molecule has 0 atom stereocenters. The summed E-state index contributed by atoms with van der Waals surface area (Å²) < 4.78 is 10.6. The van der Waals surface area contributed by atoms with Crippen LogP contribution in [0.15, 0.2) is 41.7 Å². The fourth-order valence-corrected chi connectivity index (χ4v) is 2.46. The molecule has 0 aliphatic carbocycles. The minimum Gasteiger partial charge on any atom is -0.616 e. The lowest BCUT2D eigenvalue weighted by Crippen LogP contribution is -2.44. The number of allylic oxidation sites excluding steroid dienone is 1. The van der Waals surface area contributed by atoms with Gasteiger partial charge in [0.05, 0.1) is 14.2 Å². The molecular weight excluding hydrogens is 338 g/mol. The van der Waals surface area contributed by atoms with Crippen molar-refractivity contribution < 1.29 is 19.0 Å². The minimum absolute atomic E-state index is 0.0389. The van der Waals surface area contributed by atoms with Gasteiger partial charge in [0.2, 0.25) is 5.69 Å². The lowest BCUT2D eigenvalue weighted by Gasteiger charge is -2.12. The molecule has 8 nitrogen and oxygen atoms in total. The highest BCUT2D eigenvalue weighted by atomic mass is 16.5. The zero-order valence-electron chi connectivity index (χ0n) is 14.7. The number of hydrogen-bond acceptors (Lipinski definition) is 5. The Balaban J connectivity index is 2.28. The molecule has 1 amide bonds. The van der Waals surface area contributed by atoms with Crippen LogP contribution in [0.1, 0.15) is 28.2 Å². The third-order valence-electron chi connectivity index (χ3n) is 3.78. The first-order valence-electron chi connectivity index (χ1n) is 7.97. The Hall–Kier alpha value is -3.29. The van der Waals surface area contributed by atoms with Crippen molar-refractivity contribution in [3.8, 4) is 11.6 Å². The summed E-state index contributed by atoms with van der Waals surface area (Å²) in [6.07, 6.45) is 2.25. The third-order valence-corrected chi connectivity index (χ3v) is 3.78. The topological polar surface area (TPSA) is 107 Å². The predicted molar refractivity (Wildman–Crippen MR) is 95.3 cm³/mol. The first-order chi connectivity index (χ1) is 12.5. The largest absolute Gasteiger partial charge is 0.616 e. The van der Waals surface area contributed by atoms with Crippen molar-refractivity contribution in [1.82, 2.24) is 10.3 Å². The number of nitrogens with one attached hydrogen (secondary N) is 2. The Morgan fingerprint density at radius 2 is 2.08 bits per heavy atom. The number of H-pyrrole nitrogens is 1. The number of aromatic nitrogens is 2. The first-order valence-corrected chi connectivity index (χ1v) is 7.97. The van der Waals surface area contributed by atoms with Crippen molar-refractivity contribution in [2.24, 2.45) is 0 Å². The van der Waals surface area contributed by atoms with Crippen LogP contribution < -0.4 is 25.1 Å². The van der Waals surface area contributed by atoms with E-state index in [0.29, 0.717) is 16.9 Å². The normalized spacial score (nSPS) is 10.2. The SMILES string of the molecule is C=CCCc1c(=O)[nH]c(C(=O)NCc2ccccc2OC)c(OC)[n+]1[O-]. The van der Waals surface area contributed by atoms with Gasteiger partial charge in [0.15, 0.2) is 0 Å². The second-order valence-electron chi connectivity index (χ2n) is 5.40. The number of carbonyl (C=O) groups is 1. The second-order valence-corrected chi connectivity index (χ2v) is 5.40. The van der Waals surface area contributed by atoms with E-state index >= 15 is 0 Å². The molecule has 2 aromatic rings. The molecule has 0 saturated heterocycles. The van der Waals surface area contributed by atoms with Gasteiger partial charge in [0.1, 0.15) is 5.75 Å². The van der Waals surface area contributed by atoms with Gasteiger partial charge in [-0.1, -0.05) is 24.3 Å². The van der Waals surface area contributed by atoms with Crippen molar-refractivity contribution in [3.63, 3.8) is 0 Å². The molecule has 0 aliphatic rings. The number of nitrogens with zero attached hydrogens (tertiary/aromatic N) is 1. The average Bonchev–Trinajstić information content (AvgIpc) is 2.65. The van der Waals surface area contributed by atoms with E-state index in [2.05, 4.69) is 16.9 Å². The number of ether oxygens (including phenoxy) is 2. The number of aromatic amines is 1. The molecule has 1 heterocycles. The van der Waals surface area contributed by atoms with Crippen LogP contribution in [0.2, 0.25) is 0 Å². The Morgan fingerprint density at radius 1 is 1.35 bits per heavy atom. The van der Waals surface area contributed by atoms with E-state index in [9.17, 15) is 14.8 Å². The van der Waals surface area contributed by atoms with E-state index in [1.807, 2.05) is 12.1 Å². The highest BCUT2D eigenvalue weighted by Crippen LogP contribution is 2.17. The molecule has 0 unspecified atom stereocenters. The maximum absolute atomic E-state index is 12.5. The summed E-state index contributed by atoms with van der Waals surface area (Å²) in [7, 11) is 2.79. The molecule has 1 aromatic heterocycles. The highest BCUT2D eigenvalue weighted by molar-refractivity contribution is 5.93. The summed E-state index contributed by atoms with van der Waals surface area (Å²) in [5.41, 5.74) is -0.153. The molecule has 8 heteroatoms.